The lowest BCUT2D eigenvalue weighted by Gasteiger charge is -2.17. The summed E-state index contributed by atoms with van der Waals surface area (Å²) in [5.41, 5.74) is 1.42. The summed E-state index contributed by atoms with van der Waals surface area (Å²) in [7, 11) is 0. The van der Waals surface area contributed by atoms with Crippen LogP contribution < -0.4 is 0 Å². The molecule has 100 valence electrons. The maximum absolute atomic E-state index is 12.0. The van der Waals surface area contributed by atoms with Gasteiger partial charge in [0.05, 0.1) is 6.26 Å². The molecule has 2 nitrogen and oxygen atoms in total. The molecule has 0 amide bonds. The Morgan fingerprint density at radius 3 is 2.17 bits per heavy atom. The van der Waals surface area contributed by atoms with E-state index in [-0.39, 0.29) is 16.6 Å². The molecule has 1 rings (SSSR count). The van der Waals surface area contributed by atoms with Crippen LogP contribution in [0, 0.1) is 5.41 Å². The highest BCUT2D eigenvalue weighted by Gasteiger charge is 2.23. The number of Topliss-reactive ketones (excluding diaryl/α,β-unsaturated/α-hetero) is 1. The lowest BCUT2D eigenvalue weighted by Crippen LogP contribution is -2.19. The Kier molecular flexibility index (Phi) is 3.89. The molecule has 2 heteroatoms. The van der Waals surface area contributed by atoms with E-state index in [1.807, 2.05) is 26.8 Å². The molecule has 0 aliphatic carbocycles. The van der Waals surface area contributed by atoms with Gasteiger partial charge in [-0.15, -0.1) is 0 Å². The number of hydrogen-bond donors (Lipinski definition) is 0. The summed E-state index contributed by atoms with van der Waals surface area (Å²) in [6, 6.07) is 1.98. The molecule has 0 saturated carbocycles. The average Bonchev–Trinajstić information content (AvgIpc) is 2.63. The van der Waals surface area contributed by atoms with Crippen molar-refractivity contribution in [3.63, 3.8) is 0 Å². The van der Waals surface area contributed by atoms with Crippen LogP contribution in [0.2, 0.25) is 0 Å². The van der Waals surface area contributed by atoms with Crippen LogP contribution in [0.25, 0.3) is 5.57 Å². The molecule has 0 saturated heterocycles. The second-order valence-corrected chi connectivity index (χ2v) is 6.90. The third-order valence-electron chi connectivity index (χ3n) is 2.96. The SMILES string of the molecule is C=C(CC(=O)C(C)(C)C)c1coc(C(C)(C)C)c1. The highest BCUT2D eigenvalue weighted by Crippen LogP contribution is 2.29. The summed E-state index contributed by atoms with van der Waals surface area (Å²) < 4.78 is 5.55. The second-order valence-electron chi connectivity index (χ2n) is 6.90. The number of carbonyl (C=O) groups is 1. The number of ketones is 1. The minimum atomic E-state index is -0.320. The predicted octanol–water partition coefficient (Wildman–Crippen LogP) is 4.60. The quantitative estimate of drug-likeness (QED) is 0.782. The fraction of sp³-hybridized carbons (Fsp3) is 0.562. The Bertz CT molecular complexity index is 450. The first kappa shape index (κ1) is 14.7. The third kappa shape index (κ3) is 3.59. The van der Waals surface area contributed by atoms with Gasteiger partial charge in [0, 0.05) is 22.8 Å². The van der Waals surface area contributed by atoms with Crippen LogP contribution in [0.1, 0.15) is 59.3 Å². The summed E-state index contributed by atoms with van der Waals surface area (Å²) >= 11 is 0. The van der Waals surface area contributed by atoms with Crippen LogP contribution in [0.4, 0.5) is 0 Å². The van der Waals surface area contributed by atoms with Crippen LogP contribution in [0.3, 0.4) is 0 Å². The molecule has 0 unspecified atom stereocenters. The van der Waals surface area contributed by atoms with Gasteiger partial charge < -0.3 is 4.42 Å². The first-order valence-electron chi connectivity index (χ1n) is 6.32. The minimum Gasteiger partial charge on any atom is -0.468 e. The summed E-state index contributed by atoms with van der Waals surface area (Å²) in [4.78, 5) is 12.0. The van der Waals surface area contributed by atoms with Crippen molar-refractivity contribution in [2.24, 2.45) is 5.41 Å². The van der Waals surface area contributed by atoms with Gasteiger partial charge in [-0.2, -0.15) is 0 Å². The van der Waals surface area contributed by atoms with Crippen LogP contribution in [0.5, 0.6) is 0 Å². The Balaban J connectivity index is 2.81. The molecule has 0 bridgehead atoms. The van der Waals surface area contributed by atoms with Crippen molar-refractivity contribution in [2.45, 2.75) is 53.4 Å². The molecule has 1 aromatic heterocycles. The Morgan fingerprint density at radius 1 is 1.22 bits per heavy atom. The van der Waals surface area contributed by atoms with Crippen molar-refractivity contribution in [2.75, 3.05) is 0 Å². The van der Waals surface area contributed by atoms with E-state index in [4.69, 9.17) is 4.42 Å². The summed E-state index contributed by atoms with van der Waals surface area (Å²) in [6.07, 6.45) is 2.07. The van der Waals surface area contributed by atoms with Gasteiger partial charge in [-0.1, -0.05) is 48.1 Å². The number of rotatable bonds is 3. The molecule has 0 N–H and O–H groups in total. The zero-order valence-electron chi connectivity index (χ0n) is 12.4. The molecule has 0 aromatic carbocycles. The van der Waals surface area contributed by atoms with Crippen molar-refractivity contribution in [1.82, 2.24) is 0 Å². The maximum atomic E-state index is 12.0. The van der Waals surface area contributed by atoms with Crippen molar-refractivity contribution in [3.8, 4) is 0 Å². The van der Waals surface area contributed by atoms with Crippen LogP contribution in [0.15, 0.2) is 23.3 Å². The fourth-order valence-electron chi connectivity index (χ4n) is 1.48. The Morgan fingerprint density at radius 2 is 1.78 bits per heavy atom. The molecule has 0 atom stereocenters. The van der Waals surface area contributed by atoms with Gasteiger partial charge in [-0.3, -0.25) is 4.79 Å². The van der Waals surface area contributed by atoms with Gasteiger partial charge in [0.1, 0.15) is 11.5 Å². The first-order valence-corrected chi connectivity index (χ1v) is 6.32. The van der Waals surface area contributed by atoms with Crippen LogP contribution >= 0.6 is 0 Å². The zero-order chi connectivity index (χ0) is 14.1. The summed E-state index contributed by atoms with van der Waals surface area (Å²) in [5.74, 6) is 1.12. The van der Waals surface area contributed by atoms with E-state index < -0.39 is 0 Å². The highest BCUT2D eigenvalue weighted by molar-refractivity contribution is 5.92. The van der Waals surface area contributed by atoms with Gasteiger partial charge in [0.15, 0.2) is 0 Å². The molecule has 0 fully saturated rings. The largest absolute Gasteiger partial charge is 0.468 e. The van der Waals surface area contributed by atoms with Crippen LogP contribution in [-0.4, -0.2) is 5.78 Å². The number of allylic oxidation sites excluding steroid dienone is 1. The van der Waals surface area contributed by atoms with Gasteiger partial charge in [0.2, 0.25) is 0 Å². The fourth-order valence-corrected chi connectivity index (χ4v) is 1.48. The smallest absolute Gasteiger partial charge is 0.142 e. The number of furan rings is 1. The Labute approximate surface area is 110 Å². The van der Waals surface area contributed by atoms with Crippen molar-refractivity contribution < 1.29 is 9.21 Å². The van der Waals surface area contributed by atoms with E-state index in [0.29, 0.717) is 6.42 Å². The van der Waals surface area contributed by atoms with E-state index in [9.17, 15) is 4.79 Å². The van der Waals surface area contributed by atoms with Gasteiger partial charge in [0.25, 0.3) is 0 Å². The van der Waals surface area contributed by atoms with E-state index in [0.717, 1.165) is 16.9 Å². The molecule has 1 heterocycles. The standard InChI is InChI=1S/C16H24O2/c1-11(8-13(17)15(2,3)4)12-9-14(18-10-12)16(5,6)7/h9-10H,1,8H2,2-7H3. The van der Waals surface area contributed by atoms with E-state index in [1.165, 1.54) is 0 Å². The third-order valence-corrected chi connectivity index (χ3v) is 2.96. The lowest BCUT2D eigenvalue weighted by atomic mass is 9.86. The monoisotopic (exact) mass is 248 g/mol. The van der Waals surface area contributed by atoms with Gasteiger partial charge in [-0.25, -0.2) is 0 Å². The number of carbonyl (C=O) groups excluding carboxylic acids is 1. The van der Waals surface area contributed by atoms with Gasteiger partial charge in [-0.05, 0) is 11.6 Å². The van der Waals surface area contributed by atoms with Crippen molar-refractivity contribution >= 4 is 11.4 Å². The molecule has 0 spiro atoms. The molecular formula is C16H24O2. The molecule has 18 heavy (non-hydrogen) atoms. The zero-order valence-corrected chi connectivity index (χ0v) is 12.4. The van der Waals surface area contributed by atoms with Crippen molar-refractivity contribution in [1.29, 1.82) is 0 Å². The van der Waals surface area contributed by atoms with Crippen molar-refractivity contribution in [3.05, 3.63) is 30.2 Å². The predicted molar refractivity (Wildman–Crippen MR) is 75.5 cm³/mol. The van der Waals surface area contributed by atoms with E-state index in [1.54, 1.807) is 6.26 Å². The number of hydrogen-bond acceptors (Lipinski definition) is 2. The first-order chi connectivity index (χ1) is 8.01. The molecule has 0 aliphatic rings. The second kappa shape index (κ2) is 4.75. The Hall–Kier alpha value is -1.31. The van der Waals surface area contributed by atoms with E-state index >= 15 is 0 Å². The molecular weight excluding hydrogens is 224 g/mol. The lowest BCUT2D eigenvalue weighted by molar-refractivity contribution is -0.125. The van der Waals surface area contributed by atoms with Crippen LogP contribution in [-0.2, 0) is 10.2 Å². The highest BCUT2D eigenvalue weighted by atomic mass is 16.3. The topological polar surface area (TPSA) is 30.2 Å². The minimum absolute atomic E-state index is 0.0213. The summed E-state index contributed by atoms with van der Waals surface area (Å²) in [6.45, 7) is 16.1. The normalized spacial score (nSPS) is 12.6. The average molecular weight is 248 g/mol. The molecule has 0 radical (unpaired) electrons. The maximum Gasteiger partial charge on any atom is 0.142 e. The molecule has 1 aromatic rings. The summed E-state index contributed by atoms with van der Waals surface area (Å²) in [5, 5.41) is 0. The van der Waals surface area contributed by atoms with E-state index in [2.05, 4.69) is 27.4 Å². The molecule has 0 aliphatic heterocycles. The van der Waals surface area contributed by atoms with Gasteiger partial charge >= 0.3 is 0 Å².